The molecule has 0 radical (unpaired) electrons. The Morgan fingerprint density at radius 3 is 2.34 bits per heavy atom. The van der Waals surface area contributed by atoms with Crippen LogP contribution < -0.4 is 9.64 Å². The highest BCUT2D eigenvalue weighted by Crippen LogP contribution is 2.33. The Kier molecular flexibility index (Phi) is 5.90. The van der Waals surface area contributed by atoms with E-state index in [-0.39, 0.29) is 12.0 Å². The van der Waals surface area contributed by atoms with Crippen LogP contribution >= 0.6 is 11.8 Å². The van der Waals surface area contributed by atoms with Gasteiger partial charge in [-0.2, -0.15) is 4.99 Å². The molecule has 150 valence electrons. The summed E-state index contributed by atoms with van der Waals surface area (Å²) in [4.78, 5) is 22.0. The van der Waals surface area contributed by atoms with Crippen molar-refractivity contribution in [1.82, 2.24) is 4.90 Å². The minimum Gasteiger partial charge on any atom is -0.490 e. The van der Waals surface area contributed by atoms with Crippen molar-refractivity contribution in [3.8, 4) is 5.75 Å². The fraction of sp³-hybridized carbons (Fsp3) is 0.304. The van der Waals surface area contributed by atoms with Gasteiger partial charge < -0.3 is 14.5 Å². The quantitative estimate of drug-likeness (QED) is 0.709. The number of piperazine rings is 1. The van der Waals surface area contributed by atoms with Gasteiger partial charge in [-0.3, -0.25) is 4.79 Å². The highest BCUT2D eigenvalue weighted by molar-refractivity contribution is 8.18. The van der Waals surface area contributed by atoms with Crippen LogP contribution in [0.1, 0.15) is 19.4 Å². The Morgan fingerprint density at radius 1 is 0.966 bits per heavy atom. The van der Waals surface area contributed by atoms with E-state index >= 15 is 0 Å². The second kappa shape index (κ2) is 8.74. The van der Waals surface area contributed by atoms with E-state index in [1.165, 1.54) is 17.4 Å². The lowest BCUT2D eigenvalue weighted by molar-refractivity contribution is -0.113. The number of aliphatic imine (C=N–C) groups is 1. The molecule has 1 saturated heterocycles. The highest BCUT2D eigenvalue weighted by atomic mass is 32.2. The van der Waals surface area contributed by atoms with Gasteiger partial charge in [0.2, 0.25) is 0 Å². The van der Waals surface area contributed by atoms with Gasteiger partial charge in [0.1, 0.15) is 5.75 Å². The summed E-state index contributed by atoms with van der Waals surface area (Å²) in [6.45, 7) is 7.54. The maximum Gasteiger partial charge on any atom is 0.286 e. The van der Waals surface area contributed by atoms with Gasteiger partial charge in [-0.1, -0.05) is 36.4 Å². The third-order valence-corrected chi connectivity index (χ3v) is 5.89. The third-order valence-electron chi connectivity index (χ3n) is 4.85. The number of carbonyl (C=O) groups excluding carboxylic acids is 1. The Balaban J connectivity index is 1.42. The zero-order valence-corrected chi connectivity index (χ0v) is 17.6. The third kappa shape index (κ3) is 4.65. The number of amidine groups is 1. The highest BCUT2D eigenvalue weighted by Gasteiger charge is 2.28. The summed E-state index contributed by atoms with van der Waals surface area (Å²) < 4.78 is 5.87. The molecule has 4 rings (SSSR count). The van der Waals surface area contributed by atoms with Crippen LogP contribution in [0.25, 0.3) is 6.08 Å². The second-order valence-electron chi connectivity index (χ2n) is 7.32. The number of anilines is 1. The largest absolute Gasteiger partial charge is 0.490 e. The van der Waals surface area contributed by atoms with Crippen molar-refractivity contribution in [2.24, 2.45) is 4.99 Å². The first-order valence-electron chi connectivity index (χ1n) is 9.93. The number of nitrogens with zero attached hydrogens (tertiary/aromatic N) is 3. The molecule has 0 atom stereocenters. The lowest BCUT2D eigenvalue weighted by Gasteiger charge is -2.36. The first-order valence-corrected chi connectivity index (χ1v) is 10.7. The monoisotopic (exact) mass is 407 g/mol. The van der Waals surface area contributed by atoms with E-state index < -0.39 is 0 Å². The summed E-state index contributed by atoms with van der Waals surface area (Å²) in [6, 6.07) is 18.2. The molecule has 2 aromatic carbocycles. The van der Waals surface area contributed by atoms with E-state index in [2.05, 4.69) is 39.1 Å². The van der Waals surface area contributed by atoms with E-state index in [1.54, 1.807) is 0 Å². The van der Waals surface area contributed by atoms with Gasteiger partial charge in [-0.15, -0.1) is 0 Å². The van der Waals surface area contributed by atoms with Crippen LogP contribution in [0.4, 0.5) is 5.69 Å². The summed E-state index contributed by atoms with van der Waals surface area (Å²) in [5, 5.41) is 0.802. The molecule has 1 fully saturated rings. The molecule has 5 nitrogen and oxygen atoms in total. The van der Waals surface area contributed by atoms with Gasteiger partial charge in [-0.05, 0) is 49.9 Å². The summed E-state index contributed by atoms with van der Waals surface area (Å²) in [5.41, 5.74) is 2.15. The molecule has 0 unspecified atom stereocenters. The fourth-order valence-corrected chi connectivity index (χ4v) is 4.39. The molecule has 0 N–H and O–H groups in total. The molecule has 2 heterocycles. The number of amides is 1. The Labute approximate surface area is 176 Å². The summed E-state index contributed by atoms with van der Waals surface area (Å²) in [6.07, 6.45) is 1.97. The summed E-state index contributed by atoms with van der Waals surface area (Å²) in [5.74, 6) is 0.614. The summed E-state index contributed by atoms with van der Waals surface area (Å²) in [7, 11) is 0. The Hall–Kier alpha value is -2.73. The molecule has 29 heavy (non-hydrogen) atoms. The van der Waals surface area contributed by atoms with Crippen molar-refractivity contribution in [2.75, 3.05) is 31.1 Å². The second-order valence-corrected chi connectivity index (χ2v) is 8.33. The minimum atomic E-state index is -0.171. The average Bonchev–Trinajstić information content (AvgIpc) is 3.10. The molecule has 1 amide bonds. The number of ether oxygens (including phenoxy) is 1. The van der Waals surface area contributed by atoms with E-state index in [4.69, 9.17) is 4.74 Å². The van der Waals surface area contributed by atoms with Crippen molar-refractivity contribution in [3.63, 3.8) is 0 Å². The van der Waals surface area contributed by atoms with Gasteiger partial charge in [0.05, 0.1) is 11.0 Å². The van der Waals surface area contributed by atoms with Gasteiger partial charge in [0, 0.05) is 37.4 Å². The van der Waals surface area contributed by atoms with Gasteiger partial charge >= 0.3 is 0 Å². The molecule has 6 heteroatoms. The van der Waals surface area contributed by atoms with E-state index in [0.717, 1.165) is 42.7 Å². The Bertz CT molecular complexity index is 932. The number of benzene rings is 2. The summed E-state index contributed by atoms with van der Waals surface area (Å²) >= 11 is 1.46. The van der Waals surface area contributed by atoms with Crippen LogP contribution in [0, 0.1) is 0 Å². The van der Waals surface area contributed by atoms with Gasteiger partial charge in [-0.25, -0.2) is 0 Å². The van der Waals surface area contributed by atoms with Crippen molar-refractivity contribution < 1.29 is 9.53 Å². The van der Waals surface area contributed by atoms with Crippen LogP contribution in [0.3, 0.4) is 0 Å². The fourth-order valence-electron chi connectivity index (χ4n) is 3.43. The zero-order valence-electron chi connectivity index (χ0n) is 16.7. The number of rotatable bonds is 4. The first-order chi connectivity index (χ1) is 14.1. The molecule has 0 bridgehead atoms. The number of carbonyl (C=O) groups is 1. The first kappa shape index (κ1) is 19.6. The van der Waals surface area contributed by atoms with E-state index in [0.29, 0.717) is 4.91 Å². The number of thioether (sulfide) groups is 1. The smallest absolute Gasteiger partial charge is 0.286 e. The number of hydrogen-bond acceptors (Lipinski definition) is 5. The van der Waals surface area contributed by atoms with Crippen molar-refractivity contribution >= 4 is 34.6 Å². The van der Waals surface area contributed by atoms with Crippen molar-refractivity contribution in [1.29, 1.82) is 0 Å². The van der Waals surface area contributed by atoms with E-state index in [1.807, 2.05) is 50.3 Å². The van der Waals surface area contributed by atoms with Gasteiger partial charge in [0.15, 0.2) is 5.17 Å². The maximum absolute atomic E-state index is 12.5. The van der Waals surface area contributed by atoms with Crippen LogP contribution in [0.2, 0.25) is 0 Å². The minimum absolute atomic E-state index is 0.0780. The topological polar surface area (TPSA) is 45.1 Å². The molecule has 2 aliphatic heterocycles. The van der Waals surface area contributed by atoms with Gasteiger partial charge in [0.25, 0.3) is 5.91 Å². The zero-order chi connectivity index (χ0) is 20.2. The molecule has 0 spiro atoms. The SMILES string of the molecule is CC(C)Oc1ccccc1/C=C1/SC(N2CCN(c3ccccc3)CC2)=NC1=O. The van der Waals surface area contributed by atoms with Crippen LogP contribution in [0.5, 0.6) is 5.75 Å². The number of hydrogen-bond donors (Lipinski definition) is 0. The van der Waals surface area contributed by atoms with Crippen molar-refractivity contribution in [2.45, 2.75) is 20.0 Å². The van der Waals surface area contributed by atoms with Crippen molar-refractivity contribution in [3.05, 3.63) is 65.1 Å². The molecule has 2 aromatic rings. The molecule has 0 aliphatic carbocycles. The molecule has 2 aliphatic rings. The molecular formula is C23H25N3O2S. The molecular weight excluding hydrogens is 382 g/mol. The predicted octanol–water partition coefficient (Wildman–Crippen LogP) is 4.27. The average molecular weight is 408 g/mol. The lowest BCUT2D eigenvalue weighted by atomic mass is 10.2. The Morgan fingerprint density at radius 2 is 1.62 bits per heavy atom. The molecule has 0 aromatic heterocycles. The lowest BCUT2D eigenvalue weighted by Crippen LogP contribution is -2.47. The normalized spacial score (nSPS) is 18.5. The van der Waals surface area contributed by atoms with Crippen LogP contribution in [-0.4, -0.2) is 48.3 Å². The predicted molar refractivity (Wildman–Crippen MR) is 120 cm³/mol. The van der Waals surface area contributed by atoms with E-state index in [9.17, 15) is 4.79 Å². The number of para-hydroxylation sites is 2. The van der Waals surface area contributed by atoms with Crippen LogP contribution in [-0.2, 0) is 4.79 Å². The molecule has 0 saturated carbocycles. The maximum atomic E-state index is 12.5. The van der Waals surface area contributed by atoms with Crippen LogP contribution in [0.15, 0.2) is 64.5 Å². The standard InChI is InChI=1S/C23H25N3O2S/c1-17(2)28-20-11-7-6-8-18(20)16-21-22(27)24-23(29-21)26-14-12-25(13-15-26)19-9-4-3-5-10-19/h3-11,16-17H,12-15H2,1-2H3/b21-16+.